The molecule has 0 fully saturated rings. The molecule has 0 spiro atoms. The van der Waals surface area contributed by atoms with E-state index in [2.05, 4.69) is 15.1 Å². The molecule has 31 heavy (non-hydrogen) atoms. The lowest BCUT2D eigenvalue weighted by Gasteiger charge is -2.26. The third-order valence-electron chi connectivity index (χ3n) is 5.27. The van der Waals surface area contributed by atoms with Crippen LogP contribution in [-0.4, -0.2) is 37.3 Å². The predicted molar refractivity (Wildman–Crippen MR) is 115 cm³/mol. The summed E-state index contributed by atoms with van der Waals surface area (Å²) in [6.45, 7) is 2.25. The number of aromatic nitrogens is 2. The molecule has 0 radical (unpaired) electrons. The number of carbonyl (C=O) groups excluding carboxylic acids is 1. The van der Waals surface area contributed by atoms with Gasteiger partial charge >= 0.3 is 0 Å². The third kappa shape index (κ3) is 4.47. The number of rotatable bonds is 8. The molecule has 1 aromatic heterocycles. The van der Waals surface area contributed by atoms with Crippen LogP contribution in [0.3, 0.4) is 0 Å². The molecule has 3 aromatic rings. The Bertz CT molecular complexity index is 1210. The van der Waals surface area contributed by atoms with Crippen molar-refractivity contribution in [1.29, 1.82) is 0 Å². The summed E-state index contributed by atoms with van der Waals surface area (Å²) in [6, 6.07) is 15.3. The zero-order chi connectivity index (χ0) is 22.1. The van der Waals surface area contributed by atoms with E-state index in [1.165, 1.54) is 17.1 Å². The minimum absolute atomic E-state index is 0.104. The smallest absolute Gasteiger partial charge is 0.252 e. The number of aryl methyl sites for hydroxylation is 1. The molecule has 0 aliphatic carbocycles. The highest BCUT2D eigenvalue weighted by atomic mass is 32.2. The van der Waals surface area contributed by atoms with Gasteiger partial charge < -0.3 is 10.1 Å². The normalized spacial score (nSPS) is 17.9. The van der Waals surface area contributed by atoms with E-state index >= 15 is 0 Å². The Morgan fingerprint density at radius 2 is 1.97 bits per heavy atom. The van der Waals surface area contributed by atoms with Crippen LogP contribution in [0.5, 0.6) is 5.75 Å². The number of nitrogens with zero attached hydrogens (tertiary/aromatic N) is 2. The first-order valence-electron chi connectivity index (χ1n) is 9.89. The summed E-state index contributed by atoms with van der Waals surface area (Å²) >= 11 is 0. The van der Waals surface area contributed by atoms with Crippen LogP contribution in [0.4, 0.5) is 0 Å². The van der Waals surface area contributed by atoms with Gasteiger partial charge in [0, 0.05) is 25.4 Å². The summed E-state index contributed by atoms with van der Waals surface area (Å²) in [6.07, 6.45) is 3.38. The first kappa shape index (κ1) is 21.1. The van der Waals surface area contributed by atoms with Gasteiger partial charge in [0.15, 0.2) is 0 Å². The molecule has 0 saturated heterocycles. The average Bonchev–Trinajstić information content (AvgIpc) is 3.28. The third-order valence-corrected chi connectivity index (χ3v) is 6.69. The lowest BCUT2D eigenvalue weighted by atomic mass is 9.86. The summed E-state index contributed by atoms with van der Waals surface area (Å²) in [5.41, 5.74) is 2.07. The van der Waals surface area contributed by atoms with E-state index in [0.29, 0.717) is 17.7 Å². The van der Waals surface area contributed by atoms with Crippen LogP contribution in [0.2, 0.25) is 0 Å². The van der Waals surface area contributed by atoms with Gasteiger partial charge in [-0.2, -0.15) is 5.10 Å². The Morgan fingerprint density at radius 3 is 2.68 bits per heavy atom. The van der Waals surface area contributed by atoms with Gasteiger partial charge in [-0.3, -0.25) is 9.48 Å². The molecule has 1 unspecified atom stereocenters. The molecule has 8 nitrogen and oxygen atoms in total. The number of hydrogen-bond donors (Lipinski definition) is 2. The first-order valence-corrected chi connectivity index (χ1v) is 11.4. The fraction of sp³-hybridized carbons (Fsp3) is 0.273. The number of sulfonamides is 1. The predicted octanol–water partition coefficient (Wildman–Crippen LogP) is 1.98. The Kier molecular flexibility index (Phi) is 5.55. The molecule has 4 rings (SSSR count). The summed E-state index contributed by atoms with van der Waals surface area (Å²) < 4.78 is 34.2. The summed E-state index contributed by atoms with van der Waals surface area (Å²) in [7, 11) is -1.98. The number of carbonyl (C=O) groups is 1. The van der Waals surface area contributed by atoms with Gasteiger partial charge in [-0.1, -0.05) is 30.3 Å². The Hall–Kier alpha value is -3.17. The second-order valence-corrected chi connectivity index (χ2v) is 9.52. The Morgan fingerprint density at radius 1 is 1.19 bits per heavy atom. The molecule has 1 aliphatic rings. The molecular formula is C22H24N4O4S. The molecule has 1 aliphatic heterocycles. The number of benzene rings is 2. The van der Waals surface area contributed by atoms with Crippen molar-refractivity contribution in [3.8, 4) is 5.75 Å². The second-order valence-electron chi connectivity index (χ2n) is 7.75. The van der Waals surface area contributed by atoms with Crippen molar-refractivity contribution in [2.24, 2.45) is 7.05 Å². The fourth-order valence-electron chi connectivity index (χ4n) is 3.76. The molecule has 2 heterocycles. The lowest BCUT2D eigenvalue weighted by molar-refractivity contribution is 0.0935. The van der Waals surface area contributed by atoms with Gasteiger partial charge in [0.05, 0.1) is 11.7 Å². The lowest BCUT2D eigenvalue weighted by Crippen LogP contribution is -2.38. The van der Waals surface area contributed by atoms with E-state index in [1.54, 1.807) is 19.2 Å². The van der Waals surface area contributed by atoms with E-state index in [1.807, 2.05) is 43.3 Å². The van der Waals surface area contributed by atoms with Crippen molar-refractivity contribution in [2.45, 2.75) is 23.8 Å². The zero-order valence-corrected chi connectivity index (χ0v) is 18.1. The maximum Gasteiger partial charge on any atom is 0.252 e. The van der Waals surface area contributed by atoms with Gasteiger partial charge in [0.1, 0.15) is 17.3 Å². The minimum atomic E-state index is -3.63. The van der Waals surface area contributed by atoms with Crippen LogP contribution >= 0.6 is 0 Å². The highest BCUT2D eigenvalue weighted by Gasteiger charge is 2.39. The average molecular weight is 441 g/mol. The maximum absolute atomic E-state index is 12.5. The Balaban J connectivity index is 1.42. The van der Waals surface area contributed by atoms with Crippen molar-refractivity contribution in [3.05, 3.63) is 77.6 Å². The topological polar surface area (TPSA) is 102 Å². The van der Waals surface area contributed by atoms with Gasteiger partial charge in [-0.15, -0.1) is 0 Å². The standard InChI is InChI=1S/C22H24N4O4S/c1-22(13-16-6-4-3-5-7-16)20-12-17(8-9-19(20)21(27)25-22)30-11-10-24-31(28,29)18-14-23-26(2)15-18/h3-9,12,14-15,24H,10-11,13H2,1-2H3,(H,25,27). The van der Waals surface area contributed by atoms with Crippen molar-refractivity contribution in [1.82, 2.24) is 19.8 Å². The van der Waals surface area contributed by atoms with Crippen molar-refractivity contribution in [3.63, 3.8) is 0 Å². The molecule has 2 aromatic carbocycles. The quantitative estimate of drug-likeness (QED) is 0.522. The molecule has 0 bridgehead atoms. The van der Waals surface area contributed by atoms with Crippen LogP contribution in [0.25, 0.3) is 0 Å². The monoisotopic (exact) mass is 440 g/mol. The first-order chi connectivity index (χ1) is 14.8. The molecular weight excluding hydrogens is 416 g/mol. The number of hydrogen-bond acceptors (Lipinski definition) is 5. The largest absolute Gasteiger partial charge is 0.492 e. The number of nitrogens with one attached hydrogen (secondary N) is 2. The van der Waals surface area contributed by atoms with Crippen LogP contribution in [-0.2, 0) is 29.0 Å². The van der Waals surface area contributed by atoms with Gasteiger partial charge in [0.25, 0.3) is 5.91 Å². The van der Waals surface area contributed by atoms with E-state index in [0.717, 1.165) is 11.1 Å². The molecule has 0 saturated carbocycles. The van der Waals surface area contributed by atoms with Crippen molar-refractivity contribution < 1.29 is 17.9 Å². The molecule has 2 N–H and O–H groups in total. The number of amides is 1. The summed E-state index contributed by atoms with van der Waals surface area (Å²) in [5, 5.41) is 6.96. The van der Waals surface area contributed by atoms with Crippen LogP contribution in [0, 0.1) is 0 Å². The van der Waals surface area contributed by atoms with E-state index in [4.69, 9.17) is 4.74 Å². The second kappa shape index (κ2) is 8.16. The molecule has 1 atom stereocenters. The highest BCUT2D eigenvalue weighted by molar-refractivity contribution is 7.89. The summed E-state index contributed by atoms with van der Waals surface area (Å²) in [4.78, 5) is 12.6. The van der Waals surface area contributed by atoms with E-state index in [9.17, 15) is 13.2 Å². The van der Waals surface area contributed by atoms with Gasteiger partial charge in [0.2, 0.25) is 10.0 Å². The zero-order valence-electron chi connectivity index (χ0n) is 17.3. The molecule has 162 valence electrons. The fourth-order valence-corrected chi connectivity index (χ4v) is 4.76. The molecule has 9 heteroatoms. The van der Waals surface area contributed by atoms with E-state index in [-0.39, 0.29) is 24.0 Å². The summed E-state index contributed by atoms with van der Waals surface area (Å²) in [5.74, 6) is 0.472. The van der Waals surface area contributed by atoms with E-state index < -0.39 is 15.6 Å². The minimum Gasteiger partial charge on any atom is -0.492 e. The van der Waals surface area contributed by atoms with Gasteiger partial charge in [-0.05, 0) is 42.7 Å². The van der Waals surface area contributed by atoms with Crippen molar-refractivity contribution in [2.75, 3.05) is 13.2 Å². The highest BCUT2D eigenvalue weighted by Crippen LogP contribution is 2.36. The van der Waals surface area contributed by atoms with Crippen LogP contribution in [0.1, 0.15) is 28.4 Å². The molecule has 1 amide bonds. The maximum atomic E-state index is 12.5. The van der Waals surface area contributed by atoms with Crippen LogP contribution in [0.15, 0.2) is 65.8 Å². The van der Waals surface area contributed by atoms with Crippen LogP contribution < -0.4 is 14.8 Å². The number of ether oxygens (including phenoxy) is 1. The number of fused-ring (bicyclic) bond motifs is 1. The Labute approximate surface area is 181 Å². The van der Waals surface area contributed by atoms with Gasteiger partial charge in [-0.25, -0.2) is 13.1 Å². The van der Waals surface area contributed by atoms with Crippen molar-refractivity contribution >= 4 is 15.9 Å². The SMILES string of the molecule is Cn1cc(S(=O)(=O)NCCOc2ccc3c(c2)C(C)(Cc2ccccc2)NC3=O)cn1.